The highest BCUT2D eigenvalue weighted by Gasteiger charge is 2.34. The summed E-state index contributed by atoms with van der Waals surface area (Å²) in [6.07, 6.45) is 3.74. The Balaban J connectivity index is 1.98. The molecule has 10 heteroatoms. The molecule has 1 heterocycles. The van der Waals surface area contributed by atoms with E-state index in [0.29, 0.717) is 12.0 Å². The van der Waals surface area contributed by atoms with Crippen LogP contribution in [0.25, 0.3) is 0 Å². The number of methoxy groups -OCH3 is 1. The van der Waals surface area contributed by atoms with E-state index in [1.807, 2.05) is 18.2 Å². The number of nitrogens with one attached hydrogen (secondary N) is 2. The van der Waals surface area contributed by atoms with Crippen LogP contribution in [0.5, 0.6) is 5.75 Å². The lowest BCUT2D eigenvalue weighted by atomic mass is 9.77. The van der Waals surface area contributed by atoms with E-state index in [0.717, 1.165) is 0 Å². The van der Waals surface area contributed by atoms with E-state index < -0.39 is 24.5 Å². The molecule has 2 rings (SSSR count). The van der Waals surface area contributed by atoms with E-state index in [-0.39, 0.29) is 31.7 Å². The fourth-order valence-corrected chi connectivity index (χ4v) is 2.78. The average Bonchev–Trinajstić information content (AvgIpc) is 2.77. The molecule has 0 aliphatic rings. The molecule has 4 N–H and O–H groups in total. The summed E-state index contributed by atoms with van der Waals surface area (Å²) in [6.45, 7) is 0.0357. The van der Waals surface area contributed by atoms with E-state index in [2.05, 4.69) is 15.6 Å². The number of carbonyl (C=O) groups is 2. The molecular formula is C20H26BN3O6. The standard InChI is InChI=1S/C20H26BN3O6/c1-29-15-20(14-25,24-19(26)16-6-5-10-22-12-16)13-23-18(21(27)28)9-11-30-17-7-3-2-4-8-17/h2-8,10,12,14,18,23,27-28H,9,11,13,15H2,1H3,(H,24,26)/t18-,20?/m0/s1. The van der Waals surface area contributed by atoms with E-state index in [4.69, 9.17) is 9.47 Å². The molecule has 1 aromatic heterocycles. The van der Waals surface area contributed by atoms with Crippen molar-refractivity contribution in [2.75, 3.05) is 26.9 Å². The fourth-order valence-electron chi connectivity index (χ4n) is 2.78. The highest BCUT2D eigenvalue weighted by molar-refractivity contribution is 6.43. The van der Waals surface area contributed by atoms with Crippen LogP contribution in [0.3, 0.4) is 0 Å². The predicted octanol–water partition coefficient (Wildman–Crippen LogP) is -0.165. The van der Waals surface area contributed by atoms with Crippen molar-refractivity contribution in [3.63, 3.8) is 0 Å². The van der Waals surface area contributed by atoms with Gasteiger partial charge < -0.3 is 34.9 Å². The second-order valence-electron chi connectivity index (χ2n) is 6.75. The van der Waals surface area contributed by atoms with Crippen molar-refractivity contribution in [3.8, 4) is 5.75 Å². The first-order valence-corrected chi connectivity index (χ1v) is 9.45. The number of aromatic nitrogens is 1. The zero-order chi connectivity index (χ0) is 21.8. The normalized spacial score (nSPS) is 13.7. The van der Waals surface area contributed by atoms with Gasteiger partial charge in [-0.3, -0.25) is 9.78 Å². The Bertz CT molecular complexity index is 781. The number of pyridine rings is 1. The number of hydrogen-bond acceptors (Lipinski definition) is 8. The third-order valence-corrected chi connectivity index (χ3v) is 4.39. The zero-order valence-corrected chi connectivity index (χ0v) is 16.7. The number of hydrogen-bond donors (Lipinski definition) is 4. The number of aldehydes is 1. The molecule has 0 saturated carbocycles. The Morgan fingerprint density at radius 1 is 1.27 bits per heavy atom. The first kappa shape index (κ1) is 23.5. The topological polar surface area (TPSA) is 130 Å². The molecule has 1 amide bonds. The SMILES string of the molecule is COCC(C=O)(CN[C@@H](CCOc1ccccc1)B(O)O)NC(=O)c1cccnc1. The second kappa shape index (κ2) is 12.0. The maximum absolute atomic E-state index is 12.5. The Labute approximate surface area is 175 Å². The smallest absolute Gasteiger partial charge is 0.469 e. The molecule has 30 heavy (non-hydrogen) atoms. The van der Waals surface area contributed by atoms with Crippen LogP contribution in [-0.2, 0) is 9.53 Å². The molecule has 0 spiro atoms. The van der Waals surface area contributed by atoms with Gasteiger partial charge in [-0.25, -0.2) is 0 Å². The number of ether oxygens (including phenoxy) is 2. The highest BCUT2D eigenvalue weighted by atomic mass is 16.5. The summed E-state index contributed by atoms with van der Waals surface area (Å²) in [6, 6.07) is 12.3. The van der Waals surface area contributed by atoms with Gasteiger partial charge >= 0.3 is 7.12 Å². The summed E-state index contributed by atoms with van der Waals surface area (Å²) < 4.78 is 10.7. The van der Waals surface area contributed by atoms with Crippen LogP contribution < -0.4 is 15.4 Å². The van der Waals surface area contributed by atoms with Crippen LogP contribution in [0.1, 0.15) is 16.8 Å². The third kappa shape index (κ3) is 7.23. The first-order chi connectivity index (χ1) is 14.5. The average molecular weight is 415 g/mol. The lowest BCUT2D eigenvalue weighted by molar-refractivity contribution is -0.115. The Hall–Kier alpha value is -2.79. The summed E-state index contributed by atoms with van der Waals surface area (Å²) >= 11 is 0. The van der Waals surface area contributed by atoms with Crippen LogP contribution >= 0.6 is 0 Å². The molecule has 0 aliphatic carbocycles. The van der Waals surface area contributed by atoms with Gasteiger partial charge in [0.2, 0.25) is 0 Å². The number of amides is 1. The minimum absolute atomic E-state index is 0.0794. The number of carbonyl (C=O) groups excluding carboxylic acids is 2. The van der Waals surface area contributed by atoms with Gasteiger partial charge in [0.25, 0.3) is 5.91 Å². The number of rotatable bonds is 13. The number of nitrogens with zero attached hydrogens (tertiary/aromatic N) is 1. The summed E-state index contributed by atoms with van der Waals surface area (Å²) in [5.74, 6) is -0.628. The minimum atomic E-state index is -1.69. The van der Waals surface area contributed by atoms with Crippen molar-refractivity contribution in [2.24, 2.45) is 0 Å². The second-order valence-corrected chi connectivity index (χ2v) is 6.75. The van der Waals surface area contributed by atoms with Crippen molar-refractivity contribution >= 4 is 19.3 Å². The fraction of sp³-hybridized carbons (Fsp3) is 0.350. The van der Waals surface area contributed by atoms with Crippen LogP contribution in [0.4, 0.5) is 0 Å². The van der Waals surface area contributed by atoms with Gasteiger partial charge in [-0.15, -0.1) is 0 Å². The van der Waals surface area contributed by atoms with E-state index in [9.17, 15) is 19.6 Å². The minimum Gasteiger partial charge on any atom is -0.494 e. The monoisotopic (exact) mass is 415 g/mol. The molecule has 0 aliphatic heterocycles. The maximum Gasteiger partial charge on any atom is 0.469 e. The first-order valence-electron chi connectivity index (χ1n) is 9.45. The molecule has 0 bridgehead atoms. The molecule has 1 unspecified atom stereocenters. The van der Waals surface area contributed by atoms with Crippen molar-refractivity contribution in [1.82, 2.24) is 15.6 Å². The summed E-state index contributed by atoms with van der Waals surface area (Å²) in [5, 5.41) is 24.9. The summed E-state index contributed by atoms with van der Waals surface area (Å²) in [4.78, 5) is 28.2. The Kier molecular flexibility index (Phi) is 9.42. The van der Waals surface area contributed by atoms with Crippen LogP contribution in [0, 0.1) is 0 Å². The van der Waals surface area contributed by atoms with Crippen LogP contribution in [-0.4, -0.2) is 72.7 Å². The lowest BCUT2D eigenvalue weighted by Crippen LogP contribution is -2.61. The van der Waals surface area contributed by atoms with Crippen molar-refractivity contribution in [3.05, 3.63) is 60.4 Å². The molecule has 9 nitrogen and oxygen atoms in total. The van der Waals surface area contributed by atoms with Gasteiger partial charge in [0.15, 0.2) is 0 Å². The van der Waals surface area contributed by atoms with Crippen LogP contribution in [0.15, 0.2) is 54.9 Å². The third-order valence-electron chi connectivity index (χ3n) is 4.39. The molecule has 0 saturated heterocycles. The summed E-state index contributed by atoms with van der Waals surface area (Å²) in [5.41, 5.74) is -1.12. The maximum atomic E-state index is 12.5. The van der Waals surface area contributed by atoms with Gasteiger partial charge in [0.05, 0.1) is 18.8 Å². The van der Waals surface area contributed by atoms with Gasteiger partial charge in [-0.05, 0) is 30.7 Å². The van der Waals surface area contributed by atoms with Crippen molar-refractivity contribution < 1.29 is 29.1 Å². The van der Waals surface area contributed by atoms with E-state index in [1.165, 1.54) is 19.5 Å². The molecule has 0 radical (unpaired) electrons. The zero-order valence-electron chi connectivity index (χ0n) is 16.7. The molecule has 1 aromatic carbocycles. The van der Waals surface area contributed by atoms with Crippen molar-refractivity contribution in [2.45, 2.75) is 17.9 Å². The van der Waals surface area contributed by atoms with Gasteiger partial charge in [-0.2, -0.15) is 0 Å². The molecule has 2 atom stereocenters. The van der Waals surface area contributed by atoms with E-state index >= 15 is 0 Å². The highest BCUT2D eigenvalue weighted by Crippen LogP contribution is 2.10. The van der Waals surface area contributed by atoms with Gasteiger partial charge in [-0.1, -0.05) is 18.2 Å². The largest absolute Gasteiger partial charge is 0.494 e. The molecular weight excluding hydrogens is 389 g/mol. The Morgan fingerprint density at radius 2 is 2.03 bits per heavy atom. The van der Waals surface area contributed by atoms with Crippen LogP contribution in [0.2, 0.25) is 0 Å². The quantitative estimate of drug-likeness (QED) is 0.262. The van der Waals surface area contributed by atoms with Crippen molar-refractivity contribution in [1.29, 1.82) is 0 Å². The molecule has 2 aromatic rings. The van der Waals surface area contributed by atoms with Gasteiger partial charge in [0.1, 0.15) is 17.6 Å². The van der Waals surface area contributed by atoms with Gasteiger partial charge in [0, 0.05) is 32.0 Å². The lowest BCUT2D eigenvalue weighted by Gasteiger charge is -2.31. The number of para-hydroxylation sites is 1. The molecule has 160 valence electrons. The molecule has 0 fully saturated rings. The summed E-state index contributed by atoms with van der Waals surface area (Å²) in [7, 11) is -0.286. The predicted molar refractivity (Wildman–Crippen MR) is 111 cm³/mol. The Morgan fingerprint density at radius 3 is 2.63 bits per heavy atom. The number of benzene rings is 1. The van der Waals surface area contributed by atoms with E-state index in [1.54, 1.807) is 24.3 Å².